The molecule has 1 aromatic carbocycles. The fourth-order valence-corrected chi connectivity index (χ4v) is 4.68. The lowest BCUT2D eigenvalue weighted by Gasteiger charge is -2.12. The first-order valence-electron chi connectivity index (χ1n) is 9.47. The van der Waals surface area contributed by atoms with E-state index in [0.29, 0.717) is 10.6 Å². The smallest absolute Gasteiger partial charge is 0.258 e. The zero-order chi connectivity index (χ0) is 20.1. The molecule has 1 heterocycles. The van der Waals surface area contributed by atoms with Gasteiger partial charge in [0, 0.05) is 23.0 Å². The standard InChI is InChI=1S/C21H24N2O4S/c1-13-7-5-6-9-15(13)22-20(27)19-14-8-3-2-4-10-16(14)28-21(19)23-17(24)11-12-18(25)26/h5-7,9H,2-4,8,10-12H2,1H3,(H,22,27)(H,23,24)(H,25,26)/p-1. The average Bonchev–Trinajstić information content (AvgIpc) is 2.82. The zero-order valence-corrected chi connectivity index (χ0v) is 16.6. The molecule has 0 radical (unpaired) electrons. The molecule has 0 spiro atoms. The molecule has 0 bridgehead atoms. The highest BCUT2D eigenvalue weighted by molar-refractivity contribution is 7.17. The summed E-state index contributed by atoms with van der Waals surface area (Å²) in [5.41, 5.74) is 3.20. The molecule has 28 heavy (non-hydrogen) atoms. The lowest BCUT2D eigenvalue weighted by Crippen LogP contribution is -2.24. The molecule has 1 aliphatic rings. The van der Waals surface area contributed by atoms with Gasteiger partial charge in [0.15, 0.2) is 0 Å². The van der Waals surface area contributed by atoms with E-state index in [0.717, 1.165) is 53.8 Å². The van der Waals surface area contributed by atoms with E-state index in [1.54, 1.807) is 0 Å². The molecule has 0 aliphatic heterocycles. The number of fused-ring (bicyclic) bond motifs is 1. The van der Waals surface area contributed by atoms with Crippen LogP contribution in [0.5, 0.6) is 0 Å². The summed E-state index contributed by atoms with van der Waals surface area (Å²) in [5.74, 6) is -1.94. The monoisotopic (exact) mass is 399 g/mol. The molecule has 1 aliphatic carbocycles. The van der Waals surface area contributed by atoms with E-state index in [1.807, 2.05) is 31.2 Å². The Morgan fingerprint density at radius 3 is 2.54 bits per heavy atom. The number of para-hydroxylation sites is 1. The van der Waals surface area contributed by atoms with Crippen LogP contribution in [-0.2, 0) is 22.4 Å². The van der Waals surface area contributed by atoms with Crippen molar-refractivity contribution in [2.45, 2.75) is 51.9 Å². The SMILES string of the molecule is Cc1ccccc1NC(=O)c1c(NC(=O)CCC(=O)[O-])sc2c1CCCCC2. The number of rotatable bonds is 6. The molecule has 0 saturated heterocycles. The maximum Gasteiger partial charge on any atom is 0.258 e. The Balaban J connectivity index is 1.89. The van der Waals surface area contributed by atoms with Crippen LogP contribution in [0.1, 0.15) is 58.5 Å². The number of carbonyl (C=O) groups is 3. The lowest BCUT2D eigenvalue weighted by molar-refractivity contribution is -0.305. The van der Waals surface area contributed by atoms with Crippen molar-refractivity contribution in [1.29, 1.82) is 0 Å². The van der Waals surface area contributed by atoms with Gasteiger partial charge in [-0.1, -0.05) is 24.6 Å². The zero-order valence-electron chi connectivity index (χ0n) is 15.8. The van der Waals surface area contributed by atoms with Gasteiger partial charge in [0.05, 0.1) is 5.56 Å². The van der Waals surface area contributed by atoms with Crippen molar-refractivity contribution >= 4 is 39.8 Å². The fraction of sp³-hybridized carbons (Fsp3) is 0.381. The first kappa shape index (κ1) is 20.1. The number of thiophene rings is 1. The molecule has 2 aromatic rings. The molecule has 3 rings (SSSR count). The van der Waals surface area contributed by atoms with Crippen molar-refractivity contribution in [2.24, 2.45) is 0 Å². The number of amides is 2. The maximum atomic E-state index is 13.1. The Labute approximate surface area is 168 Å². The number of aryl methyl sites for hydroxylation is 2. The number of hydrogen-bond acceptors (Lipinski definition) is 5. The van der Waals surface area contributed by atoms with Gasteiger partial charge < -0.3 is 20.5 Å². The number of benzene rings is 1. The molecule has 148 valence electrons. The molecule has 0 atom stereocenters. The second-order valence-electron chi connectivity index (χ2n) is 6.96. The molecular weight excluding hydrogens is 376 g/mol. The van der Waals surface area contributed by atoms with E-state index >= 15 is 0 Å². The van der Waals surface area contributed by atoms with Gasteiger partial charge in [-0.25, -0.2) is 0 Å². The van der Waals surface area contributed by atoms with E-state index in [4.69, 9.17) is 0 Å². The van der Waals surface area contributed by atoms with Crippen molar-refractivity contribution in [3.8, 4) is 0 Å². The van der Waals surface area contributed by atoms with Gasteiger partial charge in [0.1, 0.15) is 5.00 Å². The Morgan fingerprint density at radius 1 is 1.04 bits per heavy atom. The van der Waals surface area contributed by atoms with E-state index in [9.17, 15) is 19.5 Å². The second-order valence-corrected chi connectivity index (χ2v) is 8.06. The van der Waals surface area contributed by atoms with Gasteiger partial charge in [0.25, 0.3) is 5.91 Å². The number of aliphatic carboxylic acids is 1. The summed E-state index contributed by atoms with van der Waals surface area (Å²) < 4.78 is 0. The van der Waals surface area contributed by atoms with Crippen LogP contribution in [0.4, 0.5) is 10.7 Å². The predicted octanol–water partition coefficient (Wildman–Crippen LogP) is 3.05. The van der Waals surface area contributed by atoms with Crippen molar-refractivity contribution < 1.29 is 19.5 Å². The minimum absolute atomic E-state index is 0.177. The van der Waals surface area contributed by atoms with Crippen LogP contribution in [0.25, 0.3) is 0 Å². The summed E-state index contributed by atoms with van der Waals surface area (Å²) in [7, 11) is 0. The number of nitrogens with one attached hydrogen (secondary N) is 2. The van der Waals surface area contributed by atoms with Gasteiger partial charge in [0.2, 0.25) is 5.91 Å². The number of carboxylic acids is 1. The normalized spacial score (nSPS) is 13.3. The Hall–Kier alpha value is -2.67. The van der Waals surface area contributed by atoms with Gasteiger partial charge in [-0.05, 0) is 56.2 Å². The highest BCUT2D eigenvalue weighted by atomic mass is 32.1. The Morgan fingerprint density at radius 2 is 1.79 bits per heavy atom. The summed E-state index contributed by atoms with van der Waals surface area (Å²) in [6.07, 6.45) is 4.35. The Bertz CT molecular complexity index is 904. The van der Waals surface area contributed by atoms with Crippen LogP contribution >= 0.6 is 11.3 Å². The maximum absolute atomic E-state index is 13.1. The predicted molar refractivity (Wildman–Crippen MR) is 108 cm³/mol. The topological polar surface area (TPSA) is 98.3 Å². The summed E-state index contributed by atoms with van der Waals surface area (Å²) in [6.45, 7) is 1.92. The number of carboxylic acid groups (broad SMARTS) is 1. The van der Waals surface area contributed by atoms with Crippen LogP contribution in [0.2, 0.25) is 0 Å². The fourth-order valence-electron chi connectivity index (χ4n) is 3.37. The Kier molecular flexibility index (Phi) is 6.46. The van der Waals surface area contributed by atoms with Crippen molar-refractivity contribution in [3.63, 3.8) is 0 Å². The quantitative estimate of drug-likeness (QED) is 0.730. The van der Waals surface area contributed by atoms with Gasteiger partial charge >= 0.3 is 0 Å². The lowest BCUT2D eigenvalue weighted by atomic mass is 10.0. The van der Waals surface area contributed by atoms with Crippen LogP contribution in [-0.4, -0.2) is 17.8 Å². The average molecular weight is 399 g/mol. The number of hydrogen-bond donors (Lipinski definition) is 2. The molecule has 0 saturated carbocycles. The molecule has 0 unspecified atom stereocenters. The molecule has 1 aromatic heterocycles. The van der Waals surface area contributed by atoms with Crippen LogP contribution in [0, 0.1) is 6.92 Å². The molecule has 6 nitrogen and oxygen atoms in total. The van der Waals surface area contributed by atoms with E-state index in [-0.39, 0.29) is 18.7 Å². The van der Waals surface area contributed by atoms with E-state index < -0.39 is 11.9 Å². The van der Waals surface area contributed by atoms with Crippen molar-refractivity contribution in [2.75, 3.05) is 10.6 Å². The van der Waals surface area contributed by atoms with Crippen LogP contribution in [0.3, 0.4) is 0 Å². The summed E-state index contributed by atoms with van der Waals surface area (Å²) >= 11 is 1.43. The van der Waals surface area contributed by atoms with E-state index in [1.165, 1.54) is 11.3 Å². The van der Waals surface area contributed by atoms with Gasteiger partial charge in [-0.2, -0.15) is 0 Å². The van der Waals surface area contributed by atoms with E-state index in [2.05, 4.69) is 10.6 Å². The van der Waals surface area contributed by atoms with Gasteiger partial charge in [-0.3, -0.25) is 9.59 Å². The van der Waals surface area contributed by atoms with Crippen molar-refractivity contribution in [1.82, 2.24) is 0 Å². The summed E-state index contributed by atoms with van der Waals surface area (Å²) in [5, 5.41) is 16.8. The minimum Gasteiger partial charge on any atom is -0.550 e. The van der Waals surface area contributed by atoms with Crippen LogP contribution < -0.4 is 15.7 Å². The van der Waals surface area contributed by atoms with Crippen LogP contribution in [0.15, 0.2) is 24.3 Å². The molecule has 2 N–H and O–H groups in total. The van der Waals surface area contributed by atoms with Crippen molar-refractivity contribution in [3.05, 3.63) is 45.8 Å². The molecule has 2 amide bonds. The molecule has 0 fully saturated rings. The highest BCUT2D eigenvalue weighted by Gasteiger charge is 2.26. The molecular formula is C21H23N2O4S-. The first-order chi connectivity index (χ1) is 13.5. The van der Waals surface area contributed by atoms with Gasteiger partial charge in [-0.15, -0.1) is 11.3 Å². The third-order valence-corrected chi connectivity index (χ3v) is 6.06. The third kappa shape index (κ3) is 4.78. The molecule has 7 heteroatoms. The highest BCUT2D eigenvalue weighted by Crippen LogP contribution is 2.38. The first-order valence-corrected chi connectivity index (χ1v) is 10.3. The number of anilines is 2. The minimum atomic E-state index is -1.27. The summed E-state index contributed by atoms with van der Waals surface area (Å²) in [6, 6.07) is 7.53. The third-order valence-electron chi connectivity index (χ3n) is 4.85. The largest absolute Gasteiger partial charge is 0.550 e. The number of carbonyl (C=O) groups excluding carboxylic acids is 3. The summed E-state index contributed by atoms with van der Waals surface area (Å²) in [4.78, 5) is 37.0. The second kappa shape index (κ2) is 9.01.